The Morgan fingerprint density at radius 1 is 1.19 bits per heavy atom. The Kier molecular flexibility index (Phi) is 6.39. The number of nitrogens with zero attached hydrogens (tertiary/aromatic N) is 2. The first kappa shape index (κ1) is 19.7. The van der Waals surface area contributed by atoms with Crippen molar-refractivity contribution in [1.82, 2.24) is 10.1 Å². The van der Waals surface area contributed by atoms with Gasteiger partial charge in [0.25, 0.3) is 5.91 Å². The smallest absolute Gasteiger partial charge is 0.254 e. The Hall–Kier alpha value is -2.05. The Bertz CT molecular complexity index is 831. The van der Waals surface area contributed by atoms with Gasteiger partial charge < -0.3 is 14.7 Å². The molecule has 0 atom stereocenters. The molecule has 144 valence electrons. The van der Waals surface area contributed by atoms with E-state index in [9.17, 15) is 9.59 Å². The molecule has 0 aliphatic heterocycles. The summed E-state index contributed by atoms with van der Waals surface area (Å²) in [5.41, 5.74) is 0.417. The molecule has 0 saturated heterocycles. The van der Waals surface area contributed by atoms with E-state index < -0.39 is 0 Å². The van der Waals surface area contributed by atoms with Crippen LogP contribution in [0.25, 0.3) is 0 Å². The van der Waals surface area contributed by atoms with Crippen molar-refractivity contribution < 1.29 is 14.1 Å². The van der Waals surface area contributed by atoms with Gasteiger partial charge in [-0.3, -0.25) is 9.59 Å². The van der Waals surface area contributed by atoms with Gasteiger partial charge in [-0.05, 0) is 38.0 Å². The highest BCUT2D eigenvalue weighted by Crippen LogP contribution is 2.27. The van der Waals surface area contributed by atoms with Crippen molar-refractivity contribution in [2.45, 2.75) is 45.1 Å². The van der Waals surface area contributed by atoms with Crippen molar-refractivity contribution in [3.63, 3.8) is 0 Å². The van der Waals surface area contributed by atoms with E-state index in [2.05, 4.69) is 10.5 Å². The molecule has 1 aliphatic rings. The number of aromatic nitrogens is 1. The molecule has 1 N–H and O–H groups in total. The zero-order valence-corrected chi connectivity index (χ0v) is 16.5. The molecule has 0 spiro atoms. The van der Waals surface area contributed by atoms with Crippen molar-refractivity contribution in [1.29, 1.82) is 0 Å². The van der Waals surface area contributed by atoms with Gasteiger partial charge in [0, 0.05) is 17.7 Å². The number of hydrogen-bond donors (Lipinski definition) is 1. The SMILES string of the molecule is Cc1cc(NC(=O)CN(C(=O)c2ccc(Cl)c(Cl)c2)C2CCCCC2)no1. The summed E-state index contributed by atoms with van der Waals surface area (Å²) in [7, 11) is 0. The Morgan fingerprint density at radius 3 is 2.56 bits per heavy atom. The number of nitrogens with one attached hydrogen (secondary N) is 1. The van der Waals surface area contributed by atoms with Crippen LogP contribution in [0.2, 0.25) is 10.0 Å². The Balaban J connectivity index is 1.78. The fourth-order valence-corrected chi connectivity index (χ4v) is 3.61. The van der Waals surface area contributed by atoms with Crippen LogP contribution in [0.15, 0.2) is 28.8 Å². The van der Waals surface area contributed by atoms with Crippen LogP contribution in [0, 0.1) is 6.92 Å². The number of carbonyl (C=O) groups excluding carboxylic acids is 2. The molecule has 0 radical (unpaired) electrons. The largest absolute Gasteiger partial charge is 0.360 e. The van der Waals surface area contributed by atoms with Gasteiger partial charge in [0.2, 0.25) is 5.91 Å². The first-order chi connectivity index (χ1) is 12.9. The van der Waals surface area contributed by atoms with Crippen LogP contribution in [-0.4, -0.2) is 34.5 Å². The summed E-state index contributed by atoms with van der Waals surface area (Å²) >= 11 is 12.0. The van der Waals surface area contributed by atoms with E-state index in [1.54, 1.807) is 36.1 Å². The Labute approximate surface area is 167 Å². The van der Waals surface area contributed by atoms with Crippen molar-refractivity contribution in [3.05, 3.63) is 45.6 Å². The van der Waals surface area contributed by atoms with Crippen LogP contribution in [0.3, 0.4) is 0 Å². The molecule has 2 aromatic rings. The summed E-state index contributed by atoms with van der Waals surface area (Å²) in [6.07, 6.45) is 4.99. The van der Waals surface area contributed by atoms with Crippen LogP contribution in [0.5, 0.6) is 0 Å². The first-order valence-corrected chi connectivity index (χ1v) is 9.69. The lowest BCUT2D eigenvalue weighted by Gasteiger charge is -2.34. The fourth-order valence-electron chi connectivity index (χ4n) is 3.32. The second-order valence-electron chi connectivity index (χ2n) is 6.72. The quantitative estimate of drug-likeness (QED) is 0.775. The van der Waals surface area contributed by atoms with E-state index in [1.807, 2.05) is 0 Å². The standard InChI is InChI=1S/C19H21Cl2N3O3/c1-12-9-17(23-27-12)22-18(25)11-24(14-5-3-2-4-6-14)19(26)13-7-8-15(20)16(21)10-13/h7-10,14H,2-6,11H2,1H3,(H,22,23,25). The molecule has 1 fully saturated rings. The number of carbonyl (C=O) groups is 2. The number of anilines is 1. The molecule has 1 aromatic carbocycles. The van der Waals surface area contributed by atoms with Gasteiger partial charge in [-0.2, -0.15) is 0 Å². The number of hydrogen-bond acceptors (Lipinski definition) is 4. The lowest BCUT2D eigenvalue weighted by molar-refractivity contribution is -0.117. The van der Waals surface area contributed by atoms with Gasteiger partial charge in [-0.15, -0.1) is 0 Å². The highest BCUT2D eigenvalue weighted by molar-refractivity contribution is 6.42. The molecule has 8 heteroatoms. The maximum atomic E-state index is 13.1. The van der Waals surface area contributed by atoms with Crippen molar-refractivity contribution in [3.8, 4) is 0 Å². The number of benzene rings is 1. The van der Waals surface area contributed by atoms with Crippen LogP contribution < -0.4 is 5.32 Å². The molecule has 27 heavy (non-hydrogen) atoms. The van der Waals surface area contributed by atoms with Crippen molar-refractivity contribution >= 4 is 40.8 Å². The molecule has 1 heterocycles. The molecule has 1 aliphatic carbocycles. The van der Waals surface area contributed by atoms with E-state index in [0.29, 0.717) is 27.2 Å². The summed E-state index contributed by atoms with van der Waals surface area (Å²) in [6.45, 7) is 1.68. The van der Waals surface area contributed by atoms with Gasteiger partial charge in [0.1, 0.15) is 12.3 Å². The second kappa shape index (κ2) is 8.76. The minimum Gasteiger partial charge on any atom is -0.360 e. The van der Waals surface area contributed by atoms with Crippen LogP contribution in [0.4, 0.5) is 5.82 Å². The molecular weight excluding hydrogens is 389 g/mol. The van der Waals surface area contributed by atoms with E-state index in [4.69, 9.17) is 27.7 Å². The van der Waals surface area contributed by atoms with Gasteiger partial charge >= 0.3 is 0 Å². The summed E-state index contributed by atoms with van der Waals surface area (Å²) in [4.78, 5) is 27.2. The number of rotatable bonds is 5. The second-order valence-corrected chi connectivity index (χ2v) is 7.54. The molecule has 1 saturated carbocycles. The topological polar surface area (TPSA) is 75.4 Å². The average molecular weight is 410 g/mol. The lowest BCUT2D eigenvalue weighted by Crippen LogP contribution is -2.45. The number of amides is 2. The van der Waals surface area contributed by atoms with Gasteiger partial charge in [0.15, 0.2) is 5.82 Å². The molecule has 0 bridgehead atoms. The van der Waals surface area contributed by atoms with E-state index >= 15 is 0 Å². The fraction of sp³-hybridized carbons (Fsp3) is 0.421. The number of halogens is 2. The third-order valence-electron chi connectivity index (χ3n) is 4.65. The van der Waals surface area contributed by atoms with Gasteiger partial charge in [-0.1, -0.05) is 47.6 Å². The summed E-state index contributed by atoms with van der Waals surface area (Å²) in [5.74, 6) is 0.388. The minimum absolute atomic E-state index is 0.0190. The molecule has 1 aromatic heterocycles. The van der Waals surface area contributed by atoms with Crippen LogP contribution >= 0.6 is 23.2 Å². The highest BCUT2D eigenvalue weighted by Gasteiger charge is 2.28. The molecule has 2 amide bonds. The highest BCUT2D eigenvalue weighted by atomic mass is 35.5. The first-order valence-electron chi connectivity index (χ1n) is 8.93. The predicted molar refractivity (Wildman–Crippen MR) is 104 cm³/mol. The monoisotopic (exact) mass is 409 g/mol. The molecule has 6 nitrogen and oxygen atoms in total. The molecular formula is C19H21Cl2N3O3. The predicted octanol–water partition coefficient (Wildman–Crippen LogP) is 4.70. The molecule has 3 rings (SSSR count). The van der Waals surface area contributed by atoms with Gasteiger partial charge in [0.05, 0.1) is 10.0 Å². The van der Waals surface area contributed by atoms with E-state index in [-0.39, 0.29) is 24.4 Å². The summed E-state index contributed by atoms with van der Waals surface area (Å²) in [6, 6.07) is 6.41. The summed E-state index contributed by atoms with van der Waals surface area (Å²) in [5, 5.41) is 7.13. The van der Waals surface area contributed by atoms with Crippen LogP contribution in [0.1, 0.15) is 48.2 Å². The average Bonchev–Trinajstić information content (AvgIpc) is 3.06. The van der Waals surface area contributed by atoms with E-state index in [1.165, 1.54) is 0 Å². The normalized spacial score (nSPS) is 14.8. The molecule has 0 unspecified atom stereocenters. The zero-order valence-electron chi connectivity index (χ0n) is 15.0. The summed E-state index contributed by atoms with van der Waals surface area (Å²) < 4.78 is 4.96. The Morgan fingerprint density at radius 2 is 1.93 bits per heavy atom. The third-order valence-corrected chi connectivity index (χ3v) is 5.39. The van der Waals surface area contributed by atoms with Crippen molar-refractivity contribution in [2.24, 2.45) is 0 Å². The van der Waals surface area contributed by atoms with Gasteiger partial charge in [-0.25, -0.2) is 0 Å². The third kappa shape index (κ3) is 5.02. The maximum absolute atomic E-state index is 13.1. The number of aryl methyl sites for hydroxylation is 1. The maximum Gasteiger partial charge on any atom is 0.254 e. The minimum atomic E-state index is -0.317. The van der Waals surface area contributed by atoms with E-state index in [0.717, 1.165) is 32.1 Å². The lowest BCUT2D eigenvalue weighted by atomic mass is 9.93. The van der Waals surface area contributed by atoms with Crippen LogP contribution in [-0.2, 0) is 4.79 Å². The zero-order chi connectivity index (χ0) is 19.4. The van der Waals surface area contributed by atoms with Crippen molar-refractivity contribution in [2.75, 3.05) is 11.9 Å².